The van der Waals surface area contributed by atoms with Crippen molar-refractivity contribution in [3.63, 3.8) is 0 Å². The van der Waals surface area contributed by atoms with Gasteiger partial charge in [0, 0.05) is 22.2 Å². The number of benzene rings is 2. The first-order valence-corrected chi connectivity index (χ1v) is 12.1. The average Bonchev–Trinajstić information content (AvgIpc) is 3.37. The summed E-state index contributed by atoms with van der Waals surface area (Å²) < 4.78 is 28.5. The van der Waals surface area contributed by atoms with Crippen molar-refractivity contribution < 1.29 is 8.42 Å². The van der Waals surface area contributed by atoms with Gasteiger partial charge in [0.25, 0.3) is 10.0 Å². The minimum Gasteiger partial charge on any atom is -0.377 e. The largest absolute Gasteiger partial charge is 0.377 e. The summed E-state index contributed by atoms with van der Waals surface area (Å²) in [5.74, 6) is 0.629. The molecule has 1 aliphatic carbocycles. The summed E-state index contributed by atoms with van der Waals surface area (Å²) in [6.07, 6.45) is 5.46. The summed E-state index contributed by atoms with van der Waals surface area (Å²) in [5.41, 5.74) is 3.96. The Labute approximate surface area is 175 Å². The van der Waals surface area contributed by atoms with E-state index < -0.39 is 10.0 Å². The Morgan fingerprint density at radius 2 is 1.93 bits per heavy atom. The fourth-order valence-electron chi connectivity index (χ4n) is 4.42. The van der Waals surface area contributed by atoms with E-state index in [1.807, 2.05) is 30.3 Å². The van der Waals surface area contributed by atoms with Gasteiger partial charge in [-0.3, -0.25) is 4.72 Å². The third kappa shape index (κ3) is 3.26. The van der Waals surface area contributed by atoms with E-state index in [1.54, 1.807) is 29.5 Å². The fourth-order valence-corrected chi connectivity index (χ4v) is 6.57. The molecule has 1 aliphatic heterocycles. The number of para-hydroxylation sites is 1. The van der Waals surface area contributed by atoms with E-state index in [0.717, 1.165) is 17.7 Å². The summed E-state index contributed by atoms with van der Waals surface area (Å²) in [6.45, 7) is 2.16. The van der Waals surface area contributed by atoms with Crippen molar-refractivity contribution in [1.29, 1.82) is 0 Å². The minimum atomic E-state index is -3.64. The molecule has 148 valence electrons. The number of sulfonamides is 1. The number of hydrogen-bond acceptors (Lipinski definition) is 4. The molecule has 2 heterocycles. The lowest BCUT2D eigenvalue weighted by Gasteiger charge is -2.37. The molecule has 0 bridgehead atoms. The molecule has 0 radical (unpaired) electrons. The zero-order valence-corrected chi connectivity index (χ0v) is 17.6. The van der Waals surface area contributed by atoms with Crippen molar-refractivity contribution >= 4 is 32.7 Å². The van der Waals surface area contributed by atoms with Gasteiger partial charge in [-0.2, -0.15) is 0 Å². The van der Waals surface area contributed by atoms with Crippen LogP contribution < -0.4 is 10.0 Å². The van der Waals surface area contributed by atoms with Gasteiger partial charge in [-0.15, -0.1) is 11.3 Å². The zero-order chi connectivity index (χ0) is 20.0. The molecule has 6 heteroatoms. The molecule has 0 amide bonds. The van der Waals surface area contributed by atoms with Gasteiger partial charge < -0.3 is 5.32 Å². The van der Waals surface area contributed by atoms with Crippen molar-refractivity contribution in [2.45, 2.75) is 30.2 Å². The van der Waals surface area contributed by atoms with Crippen LogP contribution >= 0.6 is 11.3 Å². The smallest absolute Gasteiger partial charge is 0.261 e. The van der Waals surface area contributed by atoms with Crippen molar-refractivity contribution in [2.75, 3.05) is 10.0 Å². The third-order valence-electron chi connectivity index (χ3n) is 5.85. The zero-order valence-electron chi connectivity index (χ0n) is 16.0. The molecule has 0 saturated carbocycles. The number of allylic oxidation sites excluding steroid dienone is 2. The van der Waals surface area contributed by atoms with Crippen LogP contribution in [-0.4, -0.2) is 8.42 Å². The standard InChI is InChI=1S/C23H22N2O2S2/c1-15-12-13-28-23(15)22-19-9-5-8-18(19)20-14-17(10-11-21(20)24-22)29(26,27)25-16-6-3-2-4-7-16/h2-8,10-14,18-19,22,24-25H,9H2,1H3. The summed E-state index contributed by atoms with van der Waals surface area (Å²) >= 11 is 1.79. The summed E-state index contributed by atoms with van der Waals surface area (Å²) in [7, 11) is -3.64. The molecule has 2 aliphatic rings. The van der Waals surface area contributed by atoms with E-state index in [-0.39, 0.29) is 12.0 Å². The van der Waals surface area contributed by atoms with E-state index in [0.29, 0.717) is 16.5 Å². The van der Waals surface area contributed by atoms with Gasteiger partial charge in [0.05, 0.1) is 10.9 Å². The number of fused-ring (bicyclic) bond motifs is 3. The number of rotatable bonds is 4. The molecule has 1 aromatic heterocycles. The van der Waals surface area contributed by atoms with E-state index in [9.17, 15) is 8.42 Å². The maximum absolute atomic E-state index is 12.9. The second-order valence-electron chi connectivity index (χ2n) is 7.66. The van der Waals surface area contributed by atoms with Crippen LogP contribution in [0.1, 0.15) is 34.4 Å². The van der Waals surface area contributed by atoms with Crippen LogP contribution in [0, 0.1) is 12.8 Å². The van der Waals surface area contributed by atoms with E-state index >= 15 is 0 Å². The third-order valence-corrected chi connectivity index (χ3v) is 8.34. The monoisotopic (exact) mass is 422 g/mol. The van der Waals surface area contributed by atoms with Crippen LogP contribution in [-0.2, 0) is 10.0 Å². The second-order valence-corrected chi connectivity index (χ2v) is 10.3. The first kappa shape index (κ1) is 18.5. The average molecular weight is 423 g/mol. The van der Waals surface area contributed by atoms with Crippen molar-refractivity contribution in [3.8, 4) is 0 Å². The van der Waals surface area contributed by atoms with Gasteiger partial charge in [-0.1, -0.05) is 30.4 Å². The van der Waals surface area contributed by atoms with Crippen LogP contribution in [0.25, 0.3) is 0 Å². The lowest BCUT2D eigenvalue weighted by atomic mass is 9.78. The summed E-state index contributed by atoms with van der Waals surface area (Å²) in [6, 6.07) is 16.8. The van der Waals surface area contributed by atoms with Crippen molar-refractivity contribution in [2.24, 2.45) is 5.92 Å². The Morgan fingerprint density at radius 1 is 1.10 bits per heavy atom. The first-order chi connectivity index (χ1) is 14.0. The molecule has 2 aromatic carbocycles. The highest BCUT2D eigenvalue weighted by molar-refractivity contribution is 7.92. The van der Waals surface area contributed by atoms with Gasteiger partial charge in [-0.25, -0.2) is 8.42 Å². The molecule has 3 aromatic rings. The number of hydrogen-bond donors (Lipinski definition) is 2. The molecule has 0 saturated heterocycles. The molecule has 0 spiro atoms. The normalized spacial score (nSPS) is 22.6. The second kappa shape index (κ2) is 7.04. The van der Waals surface area contributed by atoms with Gasteiger partial charge >= 0.3 is 0 Å². The molecular weight excluding hydrogens is 400 g/mol. The maximum atomic E-state index is 12.9. The Balaban J connectivity index is 1.51. The number of aryl methyl sites for hydroxylation is 1. The molecular formula is C23H22N2O2S2. The number of nitrogens with one attached hydrogen (secondary N) is 2. The Kier molecular flexibility index (Phi) is 4.48. The van der Waals surface area contributed by atoms with Crippen molar-refractivity contribution in [3.05, 3.63) is 88.1 Å². The van der Waals surface area contributed by atoms with Crippen LogP contribution in [0.4, 0.5) is 11.4 Å². The Bertz CT molecular complexity index is 1180. The predicted octanol–water partition coefficient (Wildman–Crippen LogP) is 5.68. The predicted molar refractivity (Wildman–Crippen MR) is 119 cm³/mol. The highest BCUT2D eigenvalue weighted by Gasteiger charge is 2.39. The molecule has 2 N–H and O–H groups in total. The molecule has 29 heavy (non-hydrogen) atoms. The Hall–Kier alpha value is -2.57. The van der Waals surface area contributed by atoms with E-state index in [1.165, 1.54) is 10.4 Å². The van der Waals surface area contributed by atoms with Crippen LogP contribution in [0.2, 0.25) is 0 Å². The molecule has 5 rings (SSSR count). The first-order valence-electron chi connectivity index (χ1n) is 9.72. The highest BCUT2D eigenvalue weighted by atomic mass is 32.2. The van der Waals surface area contributed by atoms with Gasteiger partial charge in [0.1, 0.15) is 0 Å². The van der Waals surface area contributed by atoms with Gasteiger partial charge in [0.2, 0.25) is 0 Å². The minimum absolute atomic E-state index is 0.227. The maximum Gasteiger partial charge on any atom is 0.261 e. The lowest BCUT2D eigenvalue weighted by molar-refractivity contribution is 0.428. The number of thiophene rings is 1. The molecule has 3 atom stereocenters. The quantitative estimate of drug-likeness (QED) is 0.532. The van der Waals surface area contributed by atoms with Crippen molar-refractivity contribution in [1.82, 2.24) is 0 Å². The van der Waals surface area contributed by atoms with Gasteiger partial charge in [-0.05, 0) is 72.2 Å². The Morgan fingerprint density at radius 3 is 2.69 bits per heavy atom. The fraction of sp³-hybridized carbons (Fsp3) is 0.217. The van der Waals surface area contributed by atoms with Crippen LogP contribution in [0.5, 0.6) is 0 Å². The summed E-state index contributed by atoms with van der Waals surface area (Å²) in [4.78, 5) is 1.67. The van der Waals surface area contributed by atoms with E-state index in [2.05, 4.69) is 40.6 Å². The molecule has 0 fully saturated rings. The van der Waals surface area contributed by atoms with Crippen LogP contribution in [0.3, 0.4) is 0 Å². The van der Waals surface area contributed by atoms with E-state index in [4.69, 9.17) is 0 Å². The molecule has 3 unspecified atom stereocenters. The highest BCUT2D eigenvalue weighted by Crippen LogP contribution is 2.51. The van der Waals surface area contributed by atoms with Gasteiger partial charge in [0.15, 0.2) is 0 Å². The topological polar surface area (TPSA) is 58.2 Å². The SMILES string of the molecule is Cc1ccsc1C1Nc2ccc(S(=O)(=O)Nc3ccccc3)cc2C2C=CCC21. The van der Waals surface area contributed by atoms with Crippen LogP contribution in [0.15, 0.2) is 77.0 Å². The number of anilines is 2. The summed E-state index contributed by atoms with van der Waals surface area (Å²) in [5, 5.41) is 5.84. The lowest BCUT2D eigenvalue weighted by Crippen LogP contribution is -2.29. The molecule has 4 nitrogen and oxygen atoms in total.